The molecule has 0 bridgehead atoms. The maximum atomic E-state index is 11.6. The van der Waals surface area contributed by atoms with E-state index in [0.717, 1.165) is 20.9 Å². The van der Waals surface area contributed by atoms with Gasteiger partial charge in [-0.25, -0.2) is 9.78 Å². The second-order valence-electron chi connectivity index (χ2n) is 4.15. The number of nitrogens with one attached hydrogen (secondary N) is 1. The number of benzene rings is 1. The Hall–Kier alpha value is -1.40. The van der Waals surface area contributed by atoms with Crippen molar-refractivity contribution in [2.75, 3.05) is 11.9 Å². The zero-order valence-corrected chi connectivity index (χ0v) is 13.7. The van der Waals surface area contributed by atoms with E-state index in [-0.39, 0.29) is 5.97 Å². The predicted octanol–water partition coefficient (Wildman–Crippen LogP) is 4.00. The lowest BCUT2D eigenvalue weighted by Gasteiger charge is -2.09. The molecule has 0 aliphatic carbocycles. The molecule has 0 radical (unpaired) electrons. The quantitative estimate of drug-likeness (QED) is 0.824. The molecule has 6 heteroatoms. The van der Waals surface area contributed by atoms with Gasteiger partial charge in [-0.1, -0.05) is 0 Å². The van der Waals surface area contributed by atoms with Gasteiger partial charge in [-0.15, -0.1) is 11.3 Å². The number of ether oxygens (including phenoxy) is 1. The third-order valence-corrected chi connectivity index (χ3v) is 4.20. The fraction of sp³-hybridized carbons (Fsp3) is 0.286. The normalized spacial score (nSPS) is 10.3. The Morgan fingerprint density at radius 3 is 2.90 bits per heavy atom. The molecule has 4 nitrogen and oxygen atoms in total. The highest BCUT2D eigenvalue weighted by molar-refractivity contribution is 9.10. The Balaban J connectivity index is 2.04. The van der Waals surface area contributed by atoms with Crippen LogP contribution in [0.5, 0.6) is 0 Å². The minimum atomic E-state index is -0.310. The average Bonchev–Trinajstić information content (AvgIpc) is 2.83. The van der Waals surface area contributed by atoms with E-state index in [1.54, 1.807) is 30.4 Å². The Bertz CT molecular complexity index is 613. The van der Waals surface area contributed by atoms with E-state index in [1.165, 1.54) is 0 Å². The van der Waals surface area contributed by atoms with Crippen LogP contribution >= 0.6 is 27.3 Å². The van der Waals surface area contributed by atoms with Gasteiger partial charge >= 0.3 is 5.97 Å². The van der Waals surface area contributed by atoms with Gasteiger partial charge in [-0.05, 0) is 48.0 Å². The van der Waals surface area contributed by atoms with Gasteiger partial charge < -0.3 is 10.1 Å². The average molecular weight is 355 g/mol. The highest BCUT2D eigenvalue weighted by Crippen LogP contribution is 2.25. The molecule has 0 atom stereocenters. The second kappa shape index (κ2) is 6.85. The van der Waals surface area contributed by atoms with Crippen molar-refractivity contribution in [2.45, 2.75) is 20.4 Å². The lowest BCUT2D eigenvalue weighted by molar-refractivity contribution is 0.0526. The minimum Gasteiger partial charge on any atom is -0.462 e. The SMILES string of the molecule is CCOC(=O)c1ccc(NCc2nc(C)cs2)c(Br)c1. The number of esters is 1. The van der Waals surface area contributed by atoms with Gasteiger partial charge in [0.05, 0.1) is 18.7 Å². The first kappa shape index (κ1) is 15.0. The van der Waals surface area contributed by atoms with Gasteiger partial charge in [0.2, 0.25) is 0 Å². The molecule has 106 valence electrons. The van der Waals surface area contributed by atoms with Crippen molar-refractivity contribution in [2.24, 2.45) is 0 Å². The molecule has 0 aliphatic heterocycles. The molecule has 1 aromatic carbocycles. The largest absolute Gasteiger partial charge is 0.462 e. The summed E-state index contributed by atoms with van der Waals surface area (Å²) in [6.45, 7) is 4.80. The van der Waals surface area contributed by atoms with Crippen LogP contribution in [0.4, 0.5) is 5.69 Å². The van der Waals surface area contributed by atoms with E-state index >= 15 is 0 Å². The molecule has 1 aromatic heterocycles. The number of aryl methyl sites for hydroxylation is 1. The zero-order valence-electron chi connectivity index (χ0n) is 11.3. The number of aromatic nitrogens is 1. The number of hydrogen-bond acceptors (Lipinski definition) is 5. The number of halogens is 1. The molecule has 20 heavy (non-hydrogen) atoms. The van der Waals surface area contributed by atoms with E-state index in [9.17, 15) is 4.79 Å². The summed E-state index contributed by atoms with van der Waals surface area (Å²) in [5, 5.41) is 6.34. The number of nitrogens with zero attached hydrogens (tertiary/aromatic N) is 1. The highest BCUT2D eigenvalue weighted by Gasteiger charge is 2.09. The van der Waals surface area contributed by atoms with Crippen LogP contribution in [-0.2, 0) is 11.3 Å². The van der Waals surface area contributed by atoms with Crippen LogP contribution in [0.25, 0.3) is 0 Å². The fourth-order valence-electron chi connectivity index (χ4n) is 1.65. The van der Waals surface area contributed by atoms with E-state index in [4.69, 9.17) is 4.74 Å². The molecule has 0 saturated carbocycles. The second-order valence-corrected chi connectivity index (χ2v) is 5.95. The molecule has 1 N–H and O–H groups in total. The molecule has 2 aromatic rings. The molecule has 0 spiro atoms. The summed E-state index contributed by atoms with van der Waals surface area (Å²) >= 11 is 5.08. The molecule has 2 rings (SSSR count). The first-order valence-corrected chi connectivity index (χ1v) is 7.89. The summed E-state index contributed by atoms with van der Waals surface area (Å²) in [5.74, 6) is -0.310. The molecule has 1 heterocycles. The Morgan fingerprint density at radius 1 is 1.50 bits per heavy atom. The zero-order chi connectivity index (χ0) is 14.5. The van der Waals surface area contributed by atoms with Crippen LogP contribution in [0, 0.1) is 6.92 Å². The number of anilines is 1. The highest BCUT2D eigenvalue weighted by atomic mass is 79.9. The van der Waals surface area contributed by atoms with Crippen LogP contribution in [0.3, 0.4) is 0 Å². The van der Waals surface area contributed by atoms with Crippen molar-refractivity contribution >= 4 is 38.9 Å². The van der Waals surface area contributed by atoms with Crippen molar-refractivity contribution in [3.05, 3.63) is 44.3 Å². The predicted molar refractivity (Wildman–Crippen MR) is 84.3 cm³/mol. The van der Waals surface area contributed by atoms with Crippen molar-refractivity contribution in [1.82, 2.24) is 4.98 Å². The number of rotatable bonds is 5. The fourth-order valence-corrected chi connectivity index (χ4v) is 2.89. The third-order valence-electron chi connectivity index (χ3n) is 2.58. The summed E-state index contributed by atoms with van der Waals surface area (Å²) in [6, 6.07) is 5.36. The van der Waals surface area contributed by atoms with Crippen molar-refractivity contribution in [1.29, 1.82) is 0 Å². The lowest BCUT2D eigenvalue weighted by Crippen LogP contribution is -2.05. The number of hydrogen-bond donors (Lipinski definition) is 1. The van der Waals surface area contributed by atoms with Crippen LogP contribution < -0.4 is 5.32 Å². The lowest BCUT2D eigenvalue weighted by atomic mass is 10.2. The van der Waals surface area contributed by atoms with Gasteiger partial charge in [-0.2, -0.15) is 0 Å². The molecule has 0 unspecified atom stereocenters. The maximum Gasteiger partial charge on any atom is 0.338 e. The third kappa shape index (κ3) is 3.80. The molecule has 0 amide bonds. The summed E-state index contributed by atoms with van der Waals surface area (Å²) in [7, 11) is 0. The van der Waals surface area contributed by atoms with Crippen LogP contribution in [0.15, 0.2) is 28.1 Å². The van der Waals surface area contributed by atoms with Crippen molar-refractivity contribution in [3.8, 4) is 0 Å². The minimum absolute atomic E-state index is 0.310. The smallest absolute Gasteiger partial charge is 0.338 e. The molecule has 0 fully saturated rings. The topological polar surface area (TPSA) is 51.2 Å². The van der Waals surface area contributed by atoms with Crippen molar-refractivity contribution in [3.63, 3.8) is 0 Å². The van der Waals surface area contributed by atoms with Crippen molar-refractivity contribution < 1.29 is 9.53 Å². The van der Waals surface area contributed by atoms with Gasteiger partial charge in [0.15, 0.2) is 0 Å². The molecular weight excluding hydrogens is 340 g/mol. The monoisotopic (exact) mass is 354 g/mol. The first-order chi connectivity index (χ1) is 9.60. The maximum absolute atomic E-state index is 11.6. The van der Waals surface area contributed by atoms with E-state index in [2.05, 4.69) is 26.2 Å². The van der Waals surface area contributed by atoms with Gasteiger partial charge in [-0.3, -0.25) is 0 Å². The Morgan fingerprint density at radius 2 is 2.30 bits per heavy atom. The summed E-state index contributed by atoms with van der Waals surface area (Å²) < 4.78 is 5.80. The van der Waals surface area contributed by atoms with Gasteiger partial charge in [0.1, 0.15) is 5.01 Å². The van der Waals surface area contributed by atoms with Crippen LogP contribution in [-0.4, -0.2) is 17.6 Å². The first-order valence-electron chi connectivity index (χ1n) is 6.21. The summed E-state index contributed by atoms with van der Waals surface area (Å²) in [5.41, 5.74) is 2.49. The number of carbonyl (C=O) groups is 1. The van der Waals surface area contributed by atoms with E-state index in [1.807, 2.05) is 18.4 Å². The molecular formula is C14H15BrN2O2S. The summed E-state index contributed by atoms with van der Waals surface area (Å²) in [6.07, 6.45) is 0. The van der Waals surface area contributed by atoms with E-state index < -0.39 is 0 Å². The van der Waals surface area contributed by atoms with Crippen LogP contribution in [0.2, 0.25) is 0 Å². The number of carbonyl (C=O) groups excluding carboxylic acids is 1. The van der Waals surface area contributed by atoms with E-state index in [0.29, 0.717) is 18.7 Å². The van der Waals surface area contributed by atoms with Gasteiger partial charge in [0.25, 0.3) is 0 Å². The standard InChI is InChI=1S/C14H15BrN2O2S/c1-3-19-14(18)10-4-5-12(11(15)6-10)16-7-13-17-9(2)8-20-13/h4-6,8,16H,3,7H2,1-2H3. The van der Waals surface area contributed by atoms with Gasteiger partial charge in [0, 0.05) is 21.2 Å². The molecule has 0 aliphatic rings. The number of thiazole rings is 1. The summed E-state index contributed by atoms with van der Waals surface area (Å²) in [4.78, 5) is 16.0. The Labute approximate surface area is 130 Å². The Kier molecular flexibility index (Phi) is 5.14. The molecule has 0 saturated heterocycles. The van der Waals surface area contributed by atoms with Crippen LogP contribution in [0.1, 0.15) is 28.0 Å².